The lowest BCUT2D eigenvalue weighted by atomic mass is 9.94. The third-order valence-corrected chi connectivity index (χ3v) is 3.19. The fourth-order valence-corrected chi connectivity index (χ4v) is 1.92. The van der Waals surface area contributed by atoms with Gasteiger partial charge in [0.2, 0.25) is 0 Å². The molecule has 0 saturated heterocycles. The van der Waals surface area contributed by atoms with Gasteiger partial charge in [-0.15, -0.1) is 24.1 Å². The van der Waals surface area contributed by atoms with Crippen LogP contribution in [0.15, 0.2) is 29.2 Å². The Morgan fingerprint density at radius 2 is 2.00 bits per heavy atom. The van der Waals surface area contributed by atoms with E-state index in [2.05, 4.69) is 43.4 Å². The van der Waals surface area contributed by atoms with E-state index in [1.807, 2.05) is 0 Å². The van der Waals surface area contributed by atoms with Crippen molar-refractivity contribution < 1.29 is 0 Å². The van der Waals surface area contributed by atoms with Crippen LogP contribution in [-0.4, -0.2) is 6.26 Å². The minimum Gasteiger partial charge on any atom is -0.130 e. The monoisotopic (exact) mass is 204 g/mol. The maximum absolute atomic E-state index is 5.34. The molecule has 1 aromatic carbocycles. The molecular formula is C13H16S. The molecule has 14 heavy (non-hydrogen) atoms. The Balaban J connectivity index is 2.79. The Labute approximate surface area is 91.1 Å². The van der Waals surface area contributed by atoms with E-state index in [1.54, 1.807) is 11.8 Å². The van der Waals surface area contributed by atoms with Gasteiger partial charge in [-0.2, -0.15) is 0 Å². The fraction of sp³-hybridized carbons (Fsp3) is 0.385. The number of rotatable bonds is 4. The van der Waals surface area contributed by atoms with Gasteiger partial charge in [0.05, 0.1) is 0 Å². The van der Waals surface area contributed by atoms with Crippen LogP contribution in [0.1, 0.15) is 31.2 Å². The fourth-order valence-electron chi connectivity index (χ4n) is 1.52. The maximum atomic E-state index is 5.34. The molecule has 0 nitrogen and oxygen atoms in total. The summed E-state index contributed by atoms with van der Waals surface area (Å²) >= 11 is 1.77. The van der Waals surface area contributed by atoms with Crippen LogP contribution in [-0.2, 0) is 0 Å². The van der Waals surface area contributed by atoms with Gasteiger partial charge in [-0.1, -0.05) is 19.1 Å². The first kappa shape index (κ1) is 11.2. The zero-order chi connectivity index (χ0) is 10.4. The van der Waals surface area contributed by atoms with Crippen LogP contribution >= 0.6 is 11.8 Å². The van der Waals surface area contributed by atoms with Gasteiger partial charge >= 0.3 is 0 Å². The van der Waals surface area contributed by atoms with Crippen LogP contribution in [0, 0.1) is 12.3 Å². The minimum atomic E-state index is 0.524. The van der Waals surface area contributed by atoms with Crippen molar-refractivity contribution in [2.45, 2.75) is 30.6 Å². The molecule has 1 rings (SSSR count). The average Bonchev–Trinajstić information content (AvgIpc) is 2.26. The van der Waals surface area contributed by atoms with Crippen molar-refractivity contribution >= 4 is 11.8 Å². The van der Waals surface area contributed by atoms with Crippen LogP contribution in [0.2, 0.25) is 0 Å². The van der Waals surface area contributed by atoms with Crippen molar-refractivity contribution in [3.8, 4) is 12.3 Å². The third-order valence-electron chi connectivity index (χ3n) is 2.44. The van der Waals surface area contributed by atoms with Crippen LogP contribution in [0.4, 0.5) is 0 Å². The molecule has 74 valence electrons. The maximum Gasteiger partial charge on any atom is 0.0155 e. The molecule has 1 atom stereocenters. The van der Waals surface area contributed by atoms with E-state index in [0.717, 1.165) is 12.8 Å². The Bertz CT molecular complexity index is 305. The summed E-state index contributed by atoms with van der Waals surface area (Å²) in [6.45, 7) is 2.19. The van der Waals surface area contributed by atoms with E-state index in [-0.39, 0.29) is 0 Å². The number of hydrogen-bond acceptors (Lipinski definition) is 1. The van der Waals surface area contributed by atoms with Gasteiger partial charge in [0, 0.05) is 11.3 Å². The molecule has 0 amide bonds. The molecule has 0 aliphatic carbocycles. The second-order valence-corrected chi connectivity index (χ2v) is 4.17. The predicted molar refractivity (Wildman–Crippen MR) is 64.7 cm³/mol. The van der Waals surface area contributed by atoms with E-state index in [0.29, 0.717) is 5.92 Å². The quantitative estimate of drug-likeness (QED) is 0.529. The highest BCUT2D eigenvalue weighted by Gasteiger charge is 2.06. The van der Waals surface area contributed by atoms with Crippen molar-refractivity contribution in [2.24, 2.45) is 0 Å². The van der Waals surface area contributed by atoms with Gasteiger partial charge in [0.1, 0.15) is 0 Å². The molecule has 0 heterocycles. The highest BCUT2D eigenvalue weighted by molar-refractivity contribution is 7.98. The lowest BCUT2D eigenvalue weighted by Crippen LogP contribution is -1.95. The standard InChI is InChI=1S/C13H16S/c1-4-6-11(5-2)12-7-9-13(14-3)10-8-12/h1,7-11H,5-6H2,2-3H3. The summed E-state index contributed by atoms with van der Waals surface area (Å²) < 4.78 is 0. The Kier molecular flexibility index (Phi) is 4.62. The first-order valence-corrected chi connectivity index (χ1v) is 6.11. The number of thioether (sulfide) groups is 1. The molecule has 0 aliphatic heterocycles. The Hall–Kier alpha value is -0.870. The molecule has 0 aliphatic rings. The average molecular weight is 204 g/mol. The van der Waals surface area contributed by atoms with E-state index in [1.165, 1.54) is 10.5 Å². The molecule has 0 spiro atoms. The van der Waals surface area contributed by atoms with Crippen LogP contribution < -0.4 is 0 Å². The van der Waals surface area contributed by atoms with Crippen LogP contribution in [0.5, 0.6) is 0 Å². The van der Waals surface area contributed by atoms with Gasteiger partial charge in [-0.05, 0) is 36.3 Å². The van der Waals surface area contributed by atoms with Crippen molar-refractivity contribution in [3.05, 3.63) is 29.8 Å². The zero-order valence-electron chi connectivity index (χ0n) is 8.79. The van der Waals surface area contributed by atoms with Gasteiger partial charge in [-0.3, -0.25) is 0 Å². The molecule has 1 unspecified atom stereocenters. The van der Waals surface area contributed by atoms with E-state index in [4.69, 9.17) is 6.42 Å². The Morgan fingerprint density at radius 1 is 1.36 bits per heavy atom. The van der Waals surface area contributed by atoms with Gasteiger partial charge in [-0.25, -0.2) is 0 Å². The third kappa shape index (κ3) is 2.82. The molecule has 0 bridgehead atoms. The predicted octanol–water partition coefficient (Wildman–Crippen LogP) is 3.93. The molecule has 0 fully saturated rings. The van der Waals surface area contributed by atoms with Crippen molar-refractivity contribution in [1.29, 1.82) is 0 Å². The summed E-state index contributed by atoms with van der Waals surface area (Å²) in [4.78, 5) is 1.31. The minimum absolute atomic E-state index is 0.524. The second-order valence-electron chi connectivity index (χ2n) is 3.29. The molecule has 1 aromatic rings. The lowest BCUT2D eigenvalue weighted by Gasteiger charge is -2.12. The molecule has 0 saturated carbocycles. The van der Waals surface area contributed by atoms with Crippen LogP contribution in [0.3, 0.4) is 0 Å². The van der Waals surface area contributed by atoms with Gasteiger partial charge in [0.25, 0.3) is 0 Å². The van der Waals surface area contributed by atoms with Gasteiger partial charge in [0.15, 0.2) is 0 Å². The number of terminal acetylenes is 1. The summed E-state index contributed by atoms with van der Waals surface area (Å²) in [7, 11) is 0. The molecule has 0 radical (unpaired) electrons. The second kappa shape index (κ2) is 5.78. The van der Waals surface area contributed by atoms with Gasteiger partial charge < -0.3 is 0 Å². The molecule has 1 heteroatoms. The molecular weight excluding hydrogens is 188 g/mol. The summed E-state index contributed by atoms with van der Waals surface area (Å²) in [6.07, 6.45) is 9.39. The smallest absolute Gasteiger partial charge is 0.0155 e. The van der Waals surface area contributed by atoms with Crippen molar-refractivity contribution in [1.82, 2.24) is 0 Å². The largest absolute Gasteiger partial charge is 0.130 e. The molecule has 0 N–H and O–H groups in total. The lowest BCUT2D eigenvalue weighted by molar-refractivity contribution is 0.684. The summed E-state index contributed by atoms with van der Waals surface area (Å²) in [5.74, 6) is 3.26. The van der Waals surface area contributed by atoms with Crippen molar-refractivity contribution in [2.75, 3.05) is 6.26 Å². The van der Waals surface area contributed by atoms with E-state index in [9.17, 15) is 0 Å². The Morgan fingerprint density at radius 3 is 2.43 bits per heavy atom. The highest BCUT2D eigenvalue weighted by atomic mass is 32.2. The number of benzene rings is 1. The topological polar surface area (TPSA) is 0 Å². The summed E-state index contributed by atoms with van der Waals surface area (Å²) in [5.41, 5.74) is 1.36. The zero-order valence-corrected chi connectivity index (χ0v) is 9.60. The number of hydrogen-bond donors (Lipinski definition) is 0. The SMILES string of the molecule is C#CCC(CC)c1ccc(SC)cc1. The first-order chi connectivity index (χ1) is 6.81. The highest BCUT2D eigenvalue weighted by Crippen LogP contribution is 2.24. The van der Waals surface area contributed by atoms with Crippen LogP contribution in [0.25, 0.3) is 0 Å². The normalized spacial score (nSPS) is 12.1. The molecule has 0 aromatic heterocycles. The van der Waals surface area contributed by atoms with Crippen molar-refractivity contribution in [3.63, 3.8) is 0 Å². The van der Waals surface area contributed by atoms with E-state index >= 15 is 0 Å². The van der Waals surface area contributed by atoms with E-state index < -0.39 is 0 Å². The summed E-state index contributed by atoms with van der Waals surface area (Å²) in [6, 6.07) is 8.72. The first-order valence-electron chi connectivity index (χ1n) is 4.89. The summed E-state index contributed by atoms with van der Waals surface area (Å²) in [5, 5.41) is 0.